The molecule has 1 heterocycles. The summed E-state index contributed by atoms with van der Waals surface area (Å²) in [7, 11) is 0. The number of aryl methyl sites for hydroxylation is 2. The van der Waals surface area contributed by atoms with Crippen molar-refractivity contribution in [1.29, 1.82) is 0 Å². The molecule has 3 nitrogen and oxygen atoms in total. The lowest BCUT2D eigenvalue weighted by atomic mass is 10.1. The molecule has 1 N–H and O–H groups in total. The number of hydrogen-bond donors (Lipinski definition) is 1. The van der Waals surface area contributed by atoms with Gasteiger partial charge in [0.2, 0.25) is 0 Å². The van der Waals surface area contributed by atoms with Gasteiger partial charge >= 0.3 is 0 Å². The summed E-state index contributed by atoms with van der Waals surface area (Å²) in [5, 5.41) is 13.4. The van der Waals surface area contributed by atoms with Crippen molar-refractivity contribution >= 4 is 0 Å². The van der Waals surface area contributed by atoms with E-state index in [-0.39, 0.29) is 6.61 Å². The number of aliphatic hydroxyl groups is 1. The smallest absolute Gasteiger partial charge is 0.0715 e. The summed E-state index contributed by atoms with van der Waals surface area (Å²) in [6, 6.07) is 6.27. The van der Waals surface area contributed by atoms with Crippen molar-refractivity contribution < 1.29 is 5.11 Å². The first-order chi connectivity index (χ1) is 7.63. The van der Waals surface area contributed by atoms with Crippen LogP contribution in [0.2, 0.25) is 0 Å². The van der Waals surface area contributed by atoms with Crippen LogP contribution in [-0.2, 0) is 6.61 Å². The number of rotatable bonds is 2. The predicted octanol–water partition coefficient (Wildman–Crippen LogP) is 2.29. The van der Waals surface area contributed by atoms with Crippen LogP contribution in [0.25, 0.3) is 5.69 Å². The lowest BCUT2D eigenvalue weighted by Crippen LogP contribution is -2.02. The molecule has 0 saturated heterocycles. The Bertz CT molecular complexity index is 515. The molecule has 0 saturated carbocycles. The van der Waals surface area contributed by atoms with Gasteiger partial charge in [-0.15, -0.1) is 0 Å². The van der Waals surface area contributed by atoms with Gasteiger partial charge < -0.3 is 5.11 Å². The SMILES string of the molecule is Cc1ccc(-n2ncc(CO)c2C)c(C)c1. The number of aromatic nitrogens is 2. The van der Waals surface area contributed by atoms with E-state index in [0.717, 1.165) is 16.9 Å². The molecule has 2 aromatic rings. The molecule has 0 atom stereocenters. The van der Waals surface area contributed by atoms with E-state index in [4.69, 9.17) is 5.11 Å². The van der Waals surface area contributed by atoms with Crippen LogP contribution in [0.3, 0.4) is 0 Å². The van der Waals surface area contributed by atoms with Gasteiger partial charge in [-0.1, -0.05) is 17.7 Å². The molecule has 84 valence electrons. The molecule has 0 unspecified atom stereocenters. The topological polar surface area (TPSA) is 38.0 Å². The van der Waals surface area contributed by atoms with Gasteiger partial charge in [0.25, 0.3) is 0 Å². The van der Waals surface area contributed by atoms with Crippen LogP contribution in [-0.4, -0.2) is 14.9 Å². The van der Waals surface area contributed by atoms with Crippen LogP contribution >= 0.6 is 0 Å². The standard InChI is InChI=1S/C13H16N2O/c1-9-4-5-13(10(2)6-9)15-11(3)12(8-16)7-14-15/h4-7,16H,8H2,1-3H3. The second-order valence-electron chi connectivity index (χ2n) is 4.12. The molecule has 3 heteroatoms. The van der Waals surface area contributed by atoms with Gasteiger partial charge in [-0.25, -0.2) is 4.68 Å². The number of hydrogen-bond acceptors (Lipinski definition) is 2. The maximum Gasteiger partial charge on any atom is 0.0715 e. The first kappa shape index (κ1) is 10.9. The van der Waals surface area contributed by atoms with Crippen LogP contribution < -0.4 is 0 Å². The van der Waals surface area contributed by atoms with Crippen molar-refractivity contribution in [3.05, 3.63) is 46.8 Å². The van der Waals surface area contributed by atoms with Crippen molar-refractivity contribution in [3.8, 4) is 5.69 Å². The van der Waals surface area contributed by atoms with Crippen molar-refractivity contribution in [2.45, 2.75) is 27.4 Å². The van der Waals surface area contributed by atoms with E-state index in [9.17, 15) is 0 Å². The molecule has 0 fully saturated rings. The third kappa shape index (κ3) is 1.74. The van der Waals surface area contributed by atoms with Crippen LogP contribution in [0, 0.1) is 20.8 Å². The monoisotopic (exact) mass is 216 g/mol. The Hall–Kier alpha value is -1.61. The van der Waals surface area contributed by atoms with E-state index < -0.39 is 0 Å². The molecule has 0 amide bonds. The minimum absolute atomic E-state index is 0.0384. The van der Waals surface area contributed by atoms with E-state index >= 15 is 0 Å². The van der Waals surface area contributed by atoms with Crippen molar-refractivity contribution in [2.24, 2.45) is 0 Å². The Morgan fingerprint density at radius 1 is 1.25 bits per heavy atom. The molecule has 2 rings (SSSR count). The summed E-state index contributed by atoms with van der Waals surface area (Å²) >= 11 is 0. The van der Waals surface area contributed by atoms with Gasteiger partial charge in [0, 0.05) is 11.3 Å². The van der Waals surface area contributed by atoms with Gasteiger partial charge in [0.05, 0.1) is 18.5 Å². The fraction of sp³-hybridized carbons (Fsp3) is 0.308. The highest BCUT2D eigenvalue weighted by atomic mass is 16.3. The summed E-state index contributed by atoms with van der Waals surface area (Å²) in [4.78, 5) is 0. The Balaban J connectivity index is 2.54. The molecule has 16 heavy (non-hydrogen) atoms. The number of nitrogens with zero attached hydrogens (tertiary/aromatic N) is 2. The third-order valence-electron chi connectivity index (χ3n) is 2.86. The van der Waals surface area contributed by atoms with Crippen LogP contribution in [0.1, 0.15) is 22.4 Å². The second-order valence-corrected chi connectivity index (χ2v) is 4.12. The Morgan fingerprint density at radius 3 is 2.56 bits per heavy atom. The van der Waals surface area contributed by atoms with Gasteiger partial charge in [-0.3, -0.25) is 0 Å². The zero-order valence-electron chi connectivity index (χ0n) is 9.86. The average molecular weight is 216 g/mol. The highest BCUT2D eigenvalue weighted by Crippen LogP contribution is 2.18. The predicted molar refractivity (Wildman–Crippen MR) is 63.7 cm³/mol. The molecule has 0 bridgehead atoms. The number of aliphatic hydroxyl groups excluding tert-OH is 1. The van der Waals surface area contributed by atoms with E-state index in [0.29, 0.717) is 0 Å². The number of benzene rings is 1. The fourth-order valence-corrected chi connectivity index (χ4v) is 1.88. The molecule has 1 aromatic carbocycles. The normalized spacial score (nSPS) is 10.8. The molecule has 0 radical (unpaired) electrons. The van der Waals surface area contributed by atoms with Gasteiger partial charge in [-0.05, 0) is 32.4 Å². The molecule has 0 aliphatic rings. The first-order valence-electron chi connectivity index (χ1n) is 5.35. The maximum absolute atomic E-state index is 9.14. The summed E-state index contributed by atoms with van der Waals surface area (Å²) < 4.78 is 1.88. The molecule has 0 aliphatic heterocycles. The lowest BCUT2D eigenvalue weighted by molar-refractivity contribution is 0.281. The molecular formula is C13H16N2O. The van der Waals surface area contributed by atoms with E-state index in [1.165, 1.54) is 11.1 Å². The summed E-state index contributed by atoms with van der Waals surface area (Å²) in [6.45, 7) is 6.16. The Morgan fingerprint density at radius 2 is 2.00 bits per heavy atom. The minimum Gasteiger partial charge on any atom is -0.392 e. The minimum atomic E-state index is 0.0384. The third-order valence-corrected chi connectivity index (χ3v) is 2.86. The van der Waals surface area contributed by atoms with E-state index in [2.05, 4.69) is 37.1 Å². The summed E-state index contributed by atoms with van der Waals surface area (Å²) in [6.07, 6.45) is 1.72. The van der Waals surface area contributed by atoms with Crippen LogP contribution in [0.15, 0.2) is 24.4 Å². The Labute approximate surface area is 95.3 Å². The average Bonchev–Trinajstić information content (AvgIpc) is 2.60. The largest absolute Gasteiger partial charge is 0.392 e. The first-order valence-corrected chi connectivity index (χ1v) is 5.35. The molecule has 0 spiro atoms. The summed E-state index contributed by atoms with van der Waals surface area (Å²) in [5.41, 5.74) is 5.38. The van der Waals surface area contributed by atoms with Crippen molar-refractivity contribution in [2.75, 3.05) is 0 Å². The maximum atomic E-state index is 9.14. The van der Waals surface area contributed by atoms with E-state index in [1.807, 2.05) is 11.6 Å². The van der Waals surface area contributed by atoms with Crippen molar-refractivity contribution in [1.82, 2.24) is 9.78 Å². The van der Waals surface area contributed by atoms with E-state index in [1.54, 1.807) is 6.20 Å². The second kappa shape index (κ2) is 4.10. The van der Waals surface area contributed by atoms with Crippen LogP contribution in [0.5, 0.6) is 0 Å². The van der Waals surface area contributed by atoms with Gasteiger partial charge in [-0.2, -0.15) is 5.10 Å². The highest BCUT2D eigenvalue weighted by Gasteiger charge is 2.08. The zero-order valence-corrected chi connectivity index (χ0v) is 9.86. The zero-order chi connectivity index (χ0) is 11.7. The molecule has 1 aromatic heterocycles. The molecule has 0 aliphatic carbocycles. The lowest BCUT2D eigenvalue weighted by Gasteiger charge is -2.09. The van der Waals surface area contributed by atoms with Crippen LogP contribution in [0.4, 0.5) is 0 Å². The Kier molecular flexibility index (Phi) is 2.79. The van der Waals surface area contributed by atoms with Gasteiger partial charge in [0.15, 0.2) is 0 Å². The van der Waals surface area contributed by atoms with Crippen molar-refractivity contribution in [3.63, 3.8) is 0 Å². The fourth-order valence-electron chi connectivity index (χ4n) is 1.88. The van der Waals surface area contributed by atoms with Gasteiger partial charge in [0.1, 0.15) is 0 Å². The quantitative estimate of drug-likeness (QED) is 0.836. The molecular weight excluding hydrogens is 200 g/mol. The summed E-state index contributed by atoms with van der Waals surface area (Å²) in [5.74, 6) is 0. The highest BCUT2D eigenvalue weighted by molar-refractivity contribution is 5.43.